The number of hydrogen-bond donors (Lipinski definition) is 1. The van der Waals surface area contributed by atoms with Crippen molar-refractivity contribution in [1.29, 1.82) is 0 Å². The number of carbonyl (C=O) groups excluding carboxylic acids is 1. The van der Waals surface area contributed by atoms with E-state index in [9.17, 15) is 4.79 Å². The molecule has 1 spiro atoms. The zero-order chi connectivity index (χ0) is 18.3. The Morgan fingerprint density at radius 3 is 2.78 bits per heavy atom. The number of fused-ring (bicyclic) bond motifs is 2. The summed E-state index contributed by atoms with van der Waals surface area (Å²) in [6, 6.07) is 8.69. The molecule has 7 nitrogen and oxygen atoms in total. The number of aromatic nitrogens is 3. The molecule has 142 valence electrons. The molecule has 0 atom stereocenters. The molecule has 1 saturated heterocycles. The van der Waals surface area contributed by atoms with E-state index >= 15 is 0 Å². The van der Waals surface area contributed by atoms with Gasteiger partial charge in [0.2, 0.25) is 5.82 Å². The standard InChI is InChI=1S/C20H25N5O2/c26-19(18-21-14-22-23-18)24-9-7-20(8-10-24)16-3-1-2-4-17(16)25(11-12-27-20)13-15-5-6-15/h1-4,14-15H,5-13H2,(H,21,22,23). The first-order valence-electron chi connectivity index (χ1n) is 9.88. The van der Waals surface area contributed by atoms with E-state index in [0.29, 0.717) is 18.9 Å². The number of anilines is 1. The lowest BCUT2D eigenvalue weighted by Crippen LogP contribution is -2.46. The van der Waals surface area contributed by atoms with Crippen molar-refractivity contribution < 1.29 is 9.53 Å². The van der Waals surface area contributed by atoms with Crippen molar-refractivity contribution in [3.63, 3.8) is 0 Å². The Labute approximate surface area is 158 Å². The van der Waals surface area contributed by atoms with E-state index in [0.717, 1.165) is 38.5 Å². The molecular weight excluding hydrogens is 342 g/mol. The van der Waals surface area contributed by atoms with E-state index in [2.05, 4.69) is 44.3 Å². The molecule has 3 heterocycles. The molecule has 0 bridgehead atoms. The van der Waals surface area contributed by atoms with Gasteiger partial charge in [-0.2, -0.15) is 5.10 Å². The fourth-order valence-corrected chi connectivity index (χ4v) is 4.43. The summed E-state index contributed by atoms with van der Waals surface area (Å²) in [6.45, 7) is 4.13. The van der Waals surface area contributed by atoms with Crippen LogP contribution in [0.5, 0.6) is 0 Å². The molecule has 0 radical (unpaired) electrons. The number of para-hydroxylation sites is 1. The molecule has 1 aromatic carbocycles. The highest BCUT2D eigenvalue weighted by molar-refractivity contribution is 5.90. The quantitative estimate of drug-likeness (QED) is 0.900. The van der Waals surface area contributed by atoms with Gasteiger partial charge in [0, 0.05) is 37.4 Å². The lowest BCUT2D eigenvalue weighted by Gasteiger charge is -2.41. The first-order valence-corrected chi connectivity index (χ1v) is 9.88. The van der Waals surface area contributed by atoms with Gasteiger partial charge in [-0.05, 0) is 37.7 Å². The predicted octanol–water partition coefficient (Wildman–Crippen LogP) is 2.18. The highest BCUT2D eigenvalue weighted by Crippen LogP contribution is 2.44. The summed E-state index contributed by atoms with van der Waals surface area (Å²) < 4.78 is 6.49. The van der Waals surface area contributed by atoms with Crippen LogP contribution in [-0.2, 0) is 10.3 Å². The Morgan fingerprint density at radius 1 is 1.22 bits per heavy atom. The van der Waals surface area contributed by atoms with Crippen molar-refractivity contribution >= 4 is 11.6 Å². The second-order valence-corrected chi connectivity index (χ2v) is 7.88. The van der Waals surface area contributed by atoms with E-state index in [1.165, 1.54) is 30.4 Å². The summed E-state index contributed by atoms with van der Waals surface area (Å²) in [5, 5.41) is 6.46. The third-order valence-electron chi connectivity index (χ3n) is 6.13. The third-order valence-corrected chi connectivity index (χ3v) is 6.13. The summed E-state index contributed by atoms with van der Waals surface area (Å²) in [6.07, 6.45) is 5.69. The molecule has 0 unspecified atom stereocenters. The summed E-state index contributed by atoms with van der Waals surface area (Å²) in [7, 11) is 0. The minimum Gasteiger partial charge on any atom is -0.369 e. The van der Waals surface area contributed by atoms with Gasteiger partial charge in [-0.3, -0.25) is 9.89 Å². The molecule has 27 heavy (non-hydrogen) atoms. The predicted molar refractivity (Wildman–Crippen MR) is 101 cm³/mol. The Hall–Kier alpha value is -2.41. The number of likely N-dealkylation sites (tertiary alicyclic amines) is 1. The molecule has 5 rings (SSSR count). The minimum absolute atomic E-state index is 0.0837. The number of nitrogens with one attached hydrogen (secondary N) is 1. The van der Waals surface area contributed by atoms with Crippen molar-refractivity contribution in [2.45, 2.75) is 31.3 Å². The van der Waals surface area contributed by atoms with Gasteiger partial charge < -0.3 is 14.5 Å². The van der Waals surface area contributed by atoms with Crippen LogP contribution in [-0.4, -0.2) is 58.8 Å². The Bertz CT molecular complexity index is 810. The van der Waals surface area contributed by atoms with Crippen LogP contribution in [0.3, 0.4) is 0 Å². The van der Waals surface area contributed by atoms with E-state index < -0.39 is 0 Å². The second kappa shape index (κ2) is 6.64. The van der Waals surface area contributed by atoms with Gasteiger partial charge in [0.15, 0.2) is 0 Å². The van der Waals surface area contributed by atoms with Crippen LogP contribution in [0.15, 0.2) is 30.6 Å². The number of hydrogen-bond acceptors (Lipinski definition) is 5. The molecule has 1 saturated carbocycles. The summed E-state index contributed by atoms with van der Waals surface area (Å²) >= 11 is 0. The average molecular weight is 367 g/mol. The largest absolute Gasteiger partial charge is 0.369 e. The number of nitrogens with zero attached hydrogens (tertiary/aromatic N) is 4. The molecule has 2 aliphatic heterocycles. The maximum absolute atomic E-state index is 12.6. The first-order chi connectivity index (χ1) is 13.3. The highest BCUT2D eigenvalue weighted by atomic mass is 16.5. The van der Waals surface area contributed by atoms with Gasteiger partial charge >= 0.3 is 0 Å². The Kier molecular flexibility index (Phi) is 4.11. The molecule has 1 aromatic heterocycles. The zero-order valence-corrected chi connectivity index (χ0v) is 15.4. The van der Waals surface area contributed by atoms with Crippen LogP contribution in [0.4, 0.5) is 5.69 Å². The molecule has 7 heteroatoms. The minimum atomic E-state index is -0.299. The van der Waals surface area contributed by atoms with Crippen molar-refractivity contribution in [3.05, 3.63) is 42.0 Å². The SMILES string of the molecule is O=C(c1ncn[nH]1)N1CCC2(CC1)OCCN(CC1CC1)c1ccccc12. The summed E-state index contributed by atoms with van der Waals surface area (Å²) in [4.78, 5) is 20.9. The van der Waals surface area contributed by atoms with E-state index in [1.54, 1.807) is 0 Å². The van der Waals surface area contributed by atoms with Crippen molar-refractivity contribution in [2.24, 2.45) is 5.92 Å². The van der Waals surface area contributed by atoms with E-state index in [-0.39, 0.29) is 11.5 Å². The number of piperidine rings is 1. The van der Waals surface area contributed by atoms with E-state index in [4.69, 9.17) is 4.74 Å². The van der Waals surface area contributed by atoms with Gasteiger partial charge in [0.25, 0.3) is 5.91 Å². The van der Waals surface area contributed by atoms with Gasteiger partial charge in [-0.15, -0.1) is 0 Å². The fourth-order valence-electron chi connectivity index (χ4n) is 4.43. The number of H-pyrrole nitrogens is 1. The van der Waals surface area contributed by atoms with Crippen LogP contribution in [0.25, 0.3) is 0 Å². The first kappa shape index (κ1) is 16.7. The smallest absolute Gasteiger partial charge is 0.291 e. The second-order valence-electron chi connectivity index (χ2n) is 7.88. The van der Waals surface area contributed by atoms with Gasteiger partial charge in [0.05, 0.1) is 12.2 Å². The molecule has 1 aliphatic carbocycles. The van der Waals surface area contributed by atoms with Crippen LogP contribution in [0, 0.1) is 5.92 Å². The Balaban J connectivity index is 1.38. The maximum atomic E-state index is 12.6. The maximum Gasteiger partial charge on any atom is 0.291 e. The number of benzene rings is 1. The number of aromatic amines is 1. The molecule has 2 aromatic rings. The van der Waals surface area contributed by atoms with Crippen molar-refractivity contribution in [1.82, 2.24) is 20.1 Å². The summed E-state index contributed by atoms with van der Waals surface area (Å²) in [5.74, 6) is 1.07. The number of carbonyl (C=O) groups is 1. The van der Waals surface area contributed by atoms with Crippen LogP contribution in [0.2, 0.25) is 0 Å². The molecule has 1 N–H and O–H groups in total. The molecule has 2 fully saturated rings. The average Bonchev–Trinajstić information content (AvgIpc) is 3.39. The summed E-state index contributed by atoms with van der Waals surface area (Å²) in [5.41, 5.74) is 2.31. The van der Waals surface area contributed by atoms with Crippen molar-refractivity contribution in [3.8, 4) is 0 Å². The molecular formula is C20H25N5O2. The zero-order valence-electron chi connectivity index (χ0n) is 15.4. The molecule has 3 aliphatic rings. The van der Waals surface area contributed by atoms with Crippen LogP contribution in [0.1, 0.15) is 41.9 Å². The van der Waals surface area contributed by atoms with Gasteiger partial charge in [0.1, 0.15) is 6.33 Å². The van der Waals surface area contributed by atoms with E-state index in [1.807, 2.05) is 4.90 Å². The lowest BCUT2D eigenvalue weighted by atomic mass is 9.83. The monoisotopic (exact) mass is 367 g/mol. The van der Waals surface area contributed by atoms with Crippen LogP contribution >= 0.6 is 0 Å². The fraction of sp³-hybridized carbons (Fsp3) is 0.550. The third kappa shape index (κ3) is 3.10. The Morgan fingerprint density at radius 2 is 2.04 bits per heavy atom. The topological polar surface area (TPSA) is 74.3 Å². The lowest BCUT2D eigenvalue weighted by molar-refractivity contribution is -0.0792. The van der Waals surface area contributed by atoms with Gasteiger partial charge in [-0.25, -0.2) is 4.98 Å². The van der Waals surface area contributed by atoms with Crippen molar-refractivity contribution in [2.75, 3.05) is 37.7 Å². The number of ether oxygens (including phenoxy) is 1. The highest BCUT2D eigenvalue weighted by Gasteiger charge is 2.42. The van der Waals surface area contributed by atoms with Crippen LogP contribution < -0.4 is 4.90 Å². The molecule has 1 amide bonds. The normalized spacial score (nSPS) is 21.8. The van der Waals surface area contributed by atoms with Gasteiger partial charge in [-0.1, -0.05) is 18.2 Å². The number of amides is 1. The number of rotatable bonds is 3.